The van der Waals surface area contributed by atoms with E-state index in [1.165, 1.54) is 5.56 Å². The Kier molecular flexibility index (Phi) is 5.95. The Bertz CT molecular complexity index is 731. The number of rotatable bonds is 5. The van der Waals surface area contributed by atoms with Crippen LogP contribution >= 0.6 is 0 Å². The highest BCUT2D eigenvalue weighted by molar-refractivity contribution is 5.79. The van der Waals surface area contributed by atoms with Crippen LogP contribution in [0.4, 0.5) is 4.79 Å². The molecule has 1 spiro atoms. The molecule has 29 heavy (non-hydrogen) atoms. The molecular weight excluding hydrogens is 366 g/mol. The summed E-state index contributed by atoms with van der Waals surface area (Å²) in [5.74, 6) is -0.259. The lowest BCUT2D eigenvalue weighted by Gasteiger charge is -2.48. The van der Waals surface area contributed by atoms with Crippen molar-refractivity contribution in [3.63, 3.8) is 0 Å². The second-order valence-corrected chi connectivity index (χ2v) is 9.76. The minimum atomic E-state index is -0.498. The summed E-state index contributed by atoms with van der Waals surface area (Å²) in [5.41, 5.74) is 0.647. The number of hydrogen-bond acceptors (Lipinski definition) is 4. The first-order chi connectivity index (χ1) is 13.6. The van der Waals surface area contributed by atoms with E-state index in [-0.39, 0.29) is 29.5 Å². The van der Waals surface area contributed by atoms with Crippen LogP contribution in [-0.4, -0.2) is 60.1 Å². The first-order valence-corrected chi connectivity index (χ1v) is 10.6. The van der Waals surface area contributed by atoms with E-state index in [9.17, 15) is 9.59 Å². The summed E-state index contributed by atoms with van der Waals surface area (Å²) >= 11 is 0. The van der Waals surface area contributed by atoms with E-state index in [1.54, 1.807) is 4.90 Å². The number of urea groups is 1. The van der Waals surface area contributed by atoms with Crippen molar-refractivity contribution in [2.75, 3.05) is 27.2 Å². The average molecular weight is 402 g/mol. The van der Waals surface area contributed by atoms with Crippen LogP contribution in [0.25, 0.3) is 0 Å². The summed E-state index contributed by atoms with van der Waals surface area (Å²) in [6, 6.07) is 10.6. The van der Waals surface area contributed by atoms with Crippen molar-refractivity contribution in [3.8, 4) is 0 Å². The van der Waals surface area contributed by atoms with Gasteiger partial charge in [-0.2, -0.15) is 0 Å². The Balaban J connectivity index is 1.62. The van der Waals surface area contributed by atoms with Crippen LogP contribution in [0.2, 0.25) is 0 Å². The van der Waals surface area contributed by atoms with E-state index in [1.807, 2.05) is 20.8 Å². The van der Waals surface area contributed by atoms with Crippen LogP contribution in [0.1, 0.15) is 58.4 Å². The van der Waals surface area contributed by atoms with Crippen LogP contribution < -0.4 is 5.32 Å². The van der Waals surface area contributed by atoms with E-state index in [0.29, 0.717) is 13.1 Å². The fraction of sp³-hybridized carbons (Fsp3) is 0.652. The van der Waals surface area contributed by atoms with Gasteiger partial charge >= 0.3 is 12.0 Å². The largest absolute Gasteiger partial charge is 0.460 e. The van der Waals surface area contributed by atoms with E-state index >= 15 is 0 Å². The van der Waals surface area contributed by atoms with Gasteiger partial charge in [-0.05, 0) is 66.1 Å². The van der Waals surface area contributed by atoms with E-state index in [0.717, 1.165) is 25.7 Å². The SMILES string of the molecule is CN(C)C1(c2ccccc2)CCC2(CC1)CN(CCC(=O)OC(C)(C)C)C(=O)N2. The average Bonchev–Trinajstić information content (AvgIpc) is 2.95. The smallest absolute Gasteiger partial charge is 0.317 e. The second-order valence-electron chi connectivity index (χ2n) is 9.76. The number of amides is 2. The summed E-state index contributed by atoms with van der Waals surface area (Å²) < 4.78 is 5.37. The van der Waals surface area contributed by atoms with Gasteiger partial charge in [-0.3, -0.25) is 9.69 Å². The fourth-order valence-corrected chi connectivity index (χ4v) is 4.75. The van der Waals surface area contributed by atoms with Crippen molar-refractivity contribution in [3.05, 3.63) is 35.9 Å². The van der Waals surface area contributed by atoms with Gasteiger partial charge in [-0.1, -0.05) is 30.3 Å². The van der Waals surface area contributed by atoms with Crippen molar-refractivity contribution in [2.24, 2.45) is 0 Å². The molecule has 1 aromatic rings. The molecule has 0 aromatic heterocycles. The Morgan fingerprint density at radius 1 is 1.14 bits per heavy atom. The van der Waals surface area contributed by atoms with Gasteiger partial charge in [0.05, 0.1) is 12.0 Å². The van der Waals surface area contributed by atoms with Crippen LogP contribution in [0, 0.1) is 0 Å². The Hall–Kier alpha value is -2.08. The molecule has 0 bridgehead atoms. The maximum absolute atomic E-state index is 12.6. The molecule has 1 saturated heterocycles. The highest BCUT2D eigenvalue weighted by atomic mass is 16.6. The molecule has 2 amide bonds. The van der Waals surface area contributed by atoms with Crippen LogP contribution in [0.15, 0.2) is 30.3 Å². The van der Waals surface area contributed by atoms with Crippen molar-refractivity contribution in [1.82, 2.24) is 15.1 Å². The van der Waals surface area contributed by atoms with Crippen molar-refractivity contribution < 1.29 is 14.3 Å². The molecule has 0 radical (unpaired) electrons. The number of carbonyl (C=O) groups excluding carboxylic acids is 2. The third-order valence-corrected chi connectivity index (χ3v) is 6.36. The monoisotopic (exact) mass is 401 g/mol. The number of nitrogens with zero attached hydrogens (tertiary/aromatic N) is 2. The van der Waals surface area contributed by atoms with Gasteiger partial charge in [0.1, 0.15) is 5.60 Å². The molecule has 0 atom stereocenters. The van der Waals surface area contributed by atoms with Gasteiger partial charge in [0.2, 0.25) is 0 Å². The standard InChI is InChI=1S/C23H35N3O3/c1-21(2,3)29-19(27)11-16-26-17-22(24-20(26)28)12-14-23(15-13-22,25(4)5)18-9-7-6-8-10-18/h6-10H,11-17H2,1-5H3,(H,24,28). The van der Waals surface area contributed by atoms with Gasteiger partial charge in [0, 0.05) is 18.6 Å². The second kappa shape index (κ2) is 7.98. The van der Waals surface area contributed by atoms with E-state index in [2.05, 4.69) is 54.6 Å². The Labute approximate surface area is 174 Å². The molecule has 160 valence electrons. The number of carbonyl (C=O) groups is 2. The number of benzene rings is 1. The number of hydrogen-bond donors (Lipinski definition) is 1. The summed E-state index contributed by atoms with van der Waals surface area (Å²) in [6.45, 7) is 6.63. The predicted octanol–water partition coefficient (Wildman–Crippen LogP) is 3.51. The van der Waals surface area contributed by atoms with Gasteiger partial charge in [0.15, 0.2) is 0 Å². The zero-order valence-electron chi connectivity index (χ0n) is 18.5. The Morgan fingerprint density at radius 3 is 2.31 bits per heavy atom. The van der Waals surface area contributed by atoms with Gasteiger partial charge in [-0.15, -0.1) is 0 Å². The molecule has 1 saturated carbocycles. The minimum Gasteiger partial charge on any atom is -0.460 e. The van der Waals surface area contributed by atoms with Crippen LogP contribution in [-0.2, 0) is 15.1 Å². The van der Waals surface area contributed by atoms with Gasteiger partial charge < -0.3 is 15.0 Å². The summed E-state index contributed by atoms with van der Waals surface area (Å²) in [4.78, 5) is 28.7. The molecule has 1 aliphatic heterocycles. The molecule has 0 unspecified atom stereocenters. The molecule has 3 rings (SSSR count). The van der Waals surface area contributed by atoms with Crippen LogP contribution in [0.3, 0.4) is 0 Å². The zero-order valence-corrected chi connectivity index (χ0v) is 18.5. The van der Waals surface area contributed by atoms with Gasteiger partial charge in [0.25, 0.3) is 0 Å². The maximum Gasteiger partial charge on any atom is 0.317 e. The molecule has 2 fully saturated rings. The molecule has 6 heteroatoms. The number of ether oxygens (including phenoxy) is 1. The van der Waals surface area contributed by atoms with Crippen molar-refractivity contribution >= 4 is 12.0 Å². The van der Waals surface area contributed by atoms with Crippen LogP contribution in [0.5, 0.6) is 0 Å². The summed E-state index contributed by atoms with van der Waals surface area (Å²) in [6.07, 6.45) is 4.06. The minimum absolute atomic E-state index is 0.00116. The number of nitrogens with one attached hydrogen (secondary N) is 1. The fourth-order valence-electron chi connectivity index (χ4n) is 4.75. The highest BCUT2D eigenvalue weighted by Gasteiger charge is 2.49. The van der Waals surface area contributed by atoms with E-state index in [4.69, 9.17) is 4.74 Å². The lowest BCUT2D eigenvalue weighted by Crippen LogP contribution is -2.54. The quantitative estimate of drug-likeness (QED) is 0.767. The molecule has 1 aromatic carbocycles. The lowest BCUT2D eigenvalue weighted by atomic mass is 9.69. The molecule has 2 aliphatic rings. The van der Waals surface area contributed by atoms with Crippen molar-refractivity contribution in [1.29, 1.82) is 0 Å². The first-order valence-electron chi connectivity index (χ1n) is 10.6. The molecule has 1 N–H and O–H groups in total. The zero-order chi connectivity index (χ0) is 21.3. The molecule has 6 nitrogen and oxygen atoms in total. The summed E-state index contributed by atoms with van der Waals surface area (Å²) in [7, 11) is 4.29. The maximum atomic E-state index is 12.6. The molecule has 1 heterocycles. The normalized spacial score (nSPS) is 27.4. The third kappa shape index (κ3) is 4.74. The lowest BCUT2D eigenvalue weighted by molar-refractivity contribution is -0.155. The number of esters is 1. The first kappa shape index (κ1) is 21.6. The molecular formula is C23H35N3O3. The summed E-state index contributed by atoms with van der Waals surface area (Å²) in [5, 5.41) is 3.24. The Morgan fingerprint density at radius 2 is 1.76 bits per heavy atom. The third-order valence-electron chi connectivity index (χ3n) is 6.36. The van der Waals surface area contributed by atoms with Gasteiger partial charge in [-0.25, -0.2) is 4.79 Å². The molecule has 1 aliphatic carbocycles. The van der Waals surface area contributed by atoms with E-state index < -0.39 is 5.60 Å². The topological polar surface area (TPSA) is 61.9 Å². The van der Waals surface area contributed by atoms with Crippen molar-refractivity contribution in [2.45, 2.75) is 69.6 Å². The highest BCUT2D eigenvalue weighted by Crippen LogP contribution is 2.45. The predicted molar refractivity (Wildman–Crippen MR) is 114 cm³/mol.